The fourth-order valence-electron chi connectivity index (χ4n) is 2.72. The number of benzene rings is 1. The van der Waals surface area contributed by atoms with E-state index in [0.29, 0.717) is 27.4 Å². The number of aromatic nitrogens is 3. The average Bonchev–Trinajstić information content (AvgIpc) is 2.96. The molecule has 0 spiro atoms. The minimum absolute atomic E-state index is 0.0728. The zero-order valence-corrected chi connectivity index (χ0v) is 15.9. The van der Waals surface area contributed by atoms with E-state index in [9.17, 15) is 9.59 Å². The third kappa shape index (κ3) is 3.38. The molecule has 0 aliphatic heterocycles. The van der Waals surface area contributed by atoms with Crippen LogP contribution in [0.25, 0.3) is 10.3 Å². The van der Waals surface area contributed by atoms with Crippen LogP contribution < -0.4 is 10.5 Å². The number of likely N-dealkylation sites (N-methyl/N-ethyl adjacent to an activating group) is 1. The van der Waals surface area contributed by atoms with Crippen LogP contribution in [0, 0.1) is 3.95 Å². The zero-order chi connectivity index (χ0) is 18.7. The van der Waals surface area contributed by atoms with Gasteiger partial charge in [-0.15, -0.1) is 6.58 Å². The molecule has 0 fully saturated rings. The van der Waals surface area contributed by atoms with E-state index in [1.165, 1.54) is 22.2 Å². The van der Waals surface area contributed by atoms with Gasteiger partial charge in [-0.25, -0.2) is 4.98 Å². The average molecular weight is 387 g/mol. The highest BCUT2D eigenvalue weighted by Gasteiger charge is 2.17. The molecular weight excluding hydrogens is 368 g/mol. The molecule has 0 bridgehead atoms. The van der Waals surface area contributed by atoms with Gasteiger partial charge in [0.1, 0.15) is 17.6 Å². The number of anilines is 1. The van der Waals surface area contributed by atoms with Gasteiger partial charge in [0.05, 0.1) is 0 Å². The summed E-state index contributed by atoms with van der Waals surface area (Å²) in [5, 5.41) is 0. The van der Waals surface area contributed by atoms with Crippen molar-refractivity contribution < 1.29 is 4.79 Å². The summed E-state index contributed by atoms with van der Waals surface area (Å²) < 4.78 is 4.11. The summed E-state index contributed by atoms with van der Waals surface area (Å²) in [6.07, 6.45) is 3.11. The fourth-order valence-corrected chi connectivity index (χ4v) is 4.03. The lowest BCUT2D eigenvalue weighted by Gasteiger charge is -2.21. The zero-order valence-electron chi connectivity index (χ0n) is 14.3. The predicted octanol–water partition coefficient (Wildman–Crippen LogP) is 3.23. The summed E-state index contributed by atoms with van der Waals surface area (Å²) in [6, 6.07) is 9.38. The van der Waals surface area contributed by atoms with Crippen LogP contribution in [0.15, 0.2) is 54.1 Å². The van der Waals surface area contributed by atoms with E-state index in [1.54, 1.807) is 15.5 Å². The third-order valence-electron chi connectivity index (χ3n) is 3.95. The van der Waals surface area contributed by atoms with Gasteiger partial charge in [0.2, 0.25) is 5.91 Å². The summed E-state index contributed by atoms with van der Waals surface area (Å²) in [6.45, 7) is 6.53. The van der Waals surface area contributed by atoms with E-state index in [2.05, 4.69) is 11.6 Å². The molecule has 8 heteroatoms. The monoisotopic (exact) mass is 386 g/mol. The lowest BCUT2D eigenvalue weighted by Crippen LogP contribution is -2.36. The van der Waals surface area contributed by atoms with Gasteiger partial charge in [-0.3, -0.25) is 14.2 Å². The molecular formula is C18H18N4O2S2. The molecule has 1 aromatic carbocycles. The molecule has 0 atom stereocenters. The first-order valence-corrected chi connectivity index (χ1v) is 9.34. The lowest BCUT2D eigenvalue weighted by molar-refractivity contribution is -0.119. The van der Waals surface area contributed by atoms with E-state index < -0.39 is 0 Å². The second-order valence-electron chi connectivity index (χ2n) is 5.57. The maximum absolute atomic E-state index is 12.8. The van der Waals surface area contributed by atoms with Crippen molar-refractivity contribution in [1.29, 1.82) is 0 Å². The molecule has 6 nitrogen and oxygen atoms in total. The van der Waals surface area contributed by atoms with Gasteiger partial charge in [0.25, 0.3) is 5.56 Å². The summed E-state index contributed by atoms with van der Waals surface area (Å²) in [7, 11) is 0. The van der Waals surface area contributed by atoms with Gasteiger partial charge in [-0.2, -0.15) is 0 Å². The SMILES string of the molecule is C=CCn1c(=S)sc2c(=O)n(CC(=O)N(CC)c3ccccc3)cnc21. The van der Waals surface area contributed by atoms with Crippen LogP contribution in [-0.2, 0) is 17.9 Å². The van der Waals surface area contributed by atoms with E-state index in [0.717, 1.165) is 5.69 Å². The van der Waals surface area contributed by atoms with Gasteiger partial charge >= 0.3 is 0 Å². The molecule has 0 unspecified atom stereocenters. The smallest absolute Gasteiger partial charge is 0.273 e. The Kier molecular flexibility index (Phi) is 5.43. The van der Waals surface area contributed by atoms with Crippen molar-refractivity contribution in [3.63, 3.8) is 0 Å². The molecule has 0 N–H and O–H groups in total. The summed E-state index contributed by atoms with van der Waals surface area (Å²) in [5.74, 6) is -0.170. The molecule has 0 aliphatic rings. The van der Waals surface area contributed by atoms with E-state index in [1.807, 2.05) is 37.3 Å². The number of fused-ring (bicyclic) bond motifs is 1. The standard InChI is InChI=1S/C18H18N4O2S2/c1-3-10-22-16-15(26-18(22)25)17(24)20(12-19-16)11-14(23)21(4-2)13-8-6-5-7-9-13/h3,5-9,12H,1,4,10-11H2,2H3. The van der Waals surface area contributed by atoms with Crippen LogP contribution in [0.3, 0.4) is 0 Å². The summed E-state index contributed by atoms with van der Waals surface area (Å²) in [4.78, 5) is 31.5. The van der Waals surface area contributed by atoms with E-state index in [4.69, 9.17) is 12.2 Å². The number of nitrogens with zero attached hydrogens (tertiary/aromatic N) is 4. The molecule has 2 aromatic heterocycles. The topological polar surface area (TPSA) is 60.1 Å². The molecule has 26 heavy (non-hydrogen) atoms. The first-order valence-electron chi connectivity index (χ1n) is 8.12. The molecule has 134 valence electrons. The van der Waals surface area contributed by atoms with Gasteiger partial charge < -0.3 is 9.47 Å². The number of hydrogen-bond donors (Lipinski definition) is 0. The Balaban J connectivity index is 1.95. The van der Waals surface area contributed by atoms with Crippen molar-refractivity contribution in [3.8, 4) is 0 Å². The van der Waals surface area contributed by atoms with Gasteiger partial charge in [-0.1, -0.05) is 35.6 Å². The lowest BCUT2D eigenvalue weighted by atomic mass is 10.3. The summed E-state index contributed by atoms with van der Waals surface area (Å²) in [5.41, 5.74) is 1.07. The molecule has 3 aromatic rings. The van der Waals surface area contributed by atoms with Crippen molar-refractivity contribution in [2.45, 2.75) is 20.0 Å². The Morgan fingerprint density at radius 2 is 2.12 bits per heavy atom. The highest BCUT2D eigenvalue weighted by Crippen LogP contribution is 2.18. The van der Waals surface area contributed by atoms with E-state index >= 15 is 0 Å². The Morgan fingerprint density at radius 1 is 1.38 bits per heavy atom. The number of rotatable bonds is 6. The first-order chi connectivity index (χ1) is 12.6. The van der Waals surface area contributed by atoms with Crippen LogP contribution in [0.2, 0.25) is 0 Å². The number of thiazole rings is 1. The number of carbonyl (C=O) groups is 1. The van der Waals surface area contributed by atoms with Crippen molar-refractivity contribution in [2.24, 2.45) is 0 Å². The maximum Gasteiger partial charge on any atom is 0.273 e. The molecule has 0 saturated heterocycles. The van der Waals surface area contributed by atoms with Crippen LogP contribution in [0.4, 0.5) is 5.69 Å². The normalized spacial score (nSPS) is 10.8. The Hall–Kier alpha value is -2.58. The number of hydrogen-bond acceptors (Lipinski definition) is 5. The van der Waals surface area contributed by atoms with Gasteiger partial charge in [-0.05, 0) is 31.3 Å². The Labute approximate surface area is 159 Å². The second kappa shape index (κ2) is 7.76. The van der Waals surface area contributed by atoms with Crippen LogP contribution in [0.5, 0.6) is 0 Å². The summed E-state index contributed by atoms with van der Waals surface area (Å²) >= 11 is 6.51. The Morgan fingerprint density at radius 3 is 2.77 bits per heavy atom. The van der Waals surface area contributed by atoms with E-state index in [-0.39, 0.29) is 18.0 Å². The van der Waals surface area contributed by atoms with Crippen molar-refractivity contribution >= 4 is 45.5 Å². The van der Waals surface area contributed by atoms with Crippen molar-refractivity contribution in [1.82, 2.24) is 14.1 Å². The minimum Gasteiger partial charge on any atom is -0.311 e. The minimum atomic E-state index is -0.258. The third-order valence-corrected chi connectivity index (χ3v) is 5.37. The number of allylic oxidation sites excluding steroid dienone is 1. The van der Waals surface area contributed by atoms with Crippen LogP contribution in [-0.4, -0.2) is 26.6 Å². The van der Waals surface area contributed by atoms with Crippen molar-refractivity contribution in [2.75, 3.05) is 11.4 Å². The number of carbonyl (C=O) groups excluding carboxylic acids is 1. The second-order valence-corrected chi connectivity index (χ2v) is 7.22. The molecule has 0 saturated carbocycles. The molecule has 3 rings (SSSR count). The van der Waals surface area contributed by atoms with Gasteiger partial charge in [0.15, 0.2) is 9.60 Å². The quantitative estimate of drug-likeness (QED) is 0.482. The van der Waals surface area contributed by atoms with Crippen molar-refractivity contribution in [3.05, 3.63) is 63.6 Å². The van der Waals surface area contributed by atoms with Crippen LogP contribution >= 0.6 is 23.6 Å². The molecule has 2 heterocycles. The Bertz CT molecular complexity index is 1070. The van der Waals surface area contributed by atoms with Gasteiger partial charge in [0, 0.05) is 18.8 Å². The maximum atomic E-state index is 12.8. The highest BCUT2D eigenvalue weighted by molar-refractivity contribution is 7.73. The fraction of sp³-hybridized carbons (Fsp3) is 0.222. The highest BCUT2D eigenvalue weighted by atomic mass is 32.1. The van der Waals surface area contributed by atoms with Crippen LogP contribution in [0.1, 0.15) is 6.92 Å². The number of amides is 1. The molecule has 1 amide bonds. The predicted molar refractivity (Wildman–Crippen MR) is 107 cm³/mol. The first kappa shape index (κ1) is 18.2. The number of para-hydroxylation sites is 1. The largest absolute Gasteiger partial charge is 0.311 e. The molecule has 0 aliphatic carbocycles. The molecule has 0 radical (unpaired) electrons.